The number of rotatable bonds is 6. The van der Waals surface area contributed by atoms with Gasteiger partial charge in [-0.15, -0.1) is 0 Å². The van der Waals surface area contributed by atoms with Crippen molar-refractivity contribution in [2.45, 2.75) is 50.2 Å². The molecule has 3 fully saturated rings. The third kappa shape index (κ3) is 4.60. The van der Waals surface area contributed by atoms with Crippen molar-refractivity contribution >= 4 is 17.8 Å². The molecule has 0 radical (unpaired) electrons. The topological polar surface area (TPSA) is 82.2 Å². The molecule has 0 aromatic heterocycles. The van der Waals surface area contributed by atoms with Crippen LogP contribution in [0.4, 0.5) is 4.79 Å². The molecule has 1 spiro atoms. The summed E-state index contributed by atoms with van der Waals surface area (Å²) in [7, 11) is 1.58. The molecule has 0 unspecified atom stereocenters. The zero-order valence-electron chi connectivity index (χ0n) is 18.2. The van der Waals surface area contributed by atoms with Crippen LogP contribution in [0.3, 0.4) is 0 Å². The number of hydrogen-bond acceptors (Lipinski definition) is 5. The van der Waals surface area contributed by atoms with Gasteiger partial charge in [-0.05, 0) is 31.2 Å². The van der Waals surface area contributed by atoms with Crippen LogP contribution in [0.15, 0.2) is 30.3 Å². The van der Waals surface area contributed by atoms with Crippen molar-refractivity contribution in [1.82, 2.24) is 20.0 Å². The van der Waals surface area contributed by atoms with Crippen molar-refractivity contribution in [3.63, 3.8) is 0 Å². The summed E-state index contributed by atoms with van der Waals surface area (Å²) in [5.74, 6) is -0.0132. The van der Waals surface area contributed by atoms with E-state index in [-0.39, 0.29) is 23.9 Å². The maximum absolute atomic E-state index is 13.3. The van der Waals surface area contributed by atoms with Gasteiger partial charge in [-0.25, -0.2) is 4.79 Å². The SMILES string of the molecule is COCCC(=O)N1CCC(N2C(=O)NC3(CCN(Cc4ccccc4)CC3)C2=O)CC1. The Balaban J connectivity index is 1.32. The van der Waals surface area contributed by atoms with Gasteiger partial charge in [-0.2, -0.15) is 0 Å². The molecule has 31 heavy (non-hydrogen) atoms. The number of benzene rings is 1. The second-order valence-corrected chi connectivity index (χ2v) is 8.80. The normalized spacial score (nSPS) is 22.2. The summed E-state index contributed by atoms with van der Waals surface area (Å²) in [6.07, 6.45) is 2.90. The molecule has 4 rings (SSSR count). The Morgan fingerprint density at radius 2 is 1.77 bits per heavy atom. The Hall–Kier alpha value is -2.45. The van der Waals surface area contributed by atoms with Crippen LogP contribution in [-0.2, 0) is 20.9 Å². The van der Waals surface area contributed by atoms with Crippen molar-refractivity contribution in [3.05, 3.63) is 35.9 Å². The number of carbonyl (C=O) groups excluding carboxylic acids is 3. The third-order valence-corrected chi connectivity index (χ3v) is 6.85. The first-order valence-electron chi connectivity index (χ1n) is 11.2. The fourth-order valence-corrected chi connectivity index (χ4v) is 4.97. The second-order valence-electron chi connectivity index (χ2n) is 8.80. The number of carbonyl (C=O) groups is 3. The van der Waals surface area contributed by atoms with Gasteiger partial charge in [0.15, 0.2) is 0 Å². The van der Waals surface area contributed by atoms with E-state index in [0.717, 1.165) is 19.6 Å². The lowest BCUT2D eigenvalue weighted by Gasteiger charge is -2.38. The van der Waals surface area contributed by atoms with E-state index in [4.69, 9.17) is 4.74 Å². The van der Waals surface area contributed by atoms with Crippen molar-refractivity contribution < 1.29 is 19.1 Å². The van der Waals surface area contributed by atoms with E-state index in [9.17, 15) is 14.4 Å². The number of amides is 4. The zero-order chi connectivity index (χ0) is 21.8. The van der Waals surface area contributed by atoms with Gasteiger partial charge in [0.2, 0.25) is 5.91 Å². The van der Waals surface area contributed by atoms with Gasteiger partial charge in [0.05, 0.1) is 13.0 Å². The number of ether oxygens (including phenoxy) is 1. The first-order valence-corrected chi connectivity index (χ1v) is 11.2. The maximum atomic E-state index is 13.3. The monoisotopic (exact) mass is 428 g/mol. The maximum Gasteiger partial charge on any atom is 0.325 e. The first kappa shape index (κ1) is 21.8. The molecular formula is C23H32N4O4. The van der Waals surface area contributed by atoms with Crippen molar-refractivity contribution in [3.8, 4) is 0 Å². The smallest absolute Gasteiger partial charge is 0.325 e. The lowest BCUT2D eigenvalue weighted by atomic mass is 9.86. The van der Waals surface area contributed by atoms with E-state index < -0.39 is 5.54 Å². The van der Waals surface area contributed by atoms with Gasteiger partial charge < -0.3 is 15.0 Å². The molecule has 3 saturated heterocycles. The molecule has 8 nitrogen and oxygen atoms in total. The number of imide groups is 1. The summed E-state index contributed by atoms with van der Waals surface area (Å²) in [5, 5.41) is 3.03. The fraction of sp³-hybridized carbons (Fsp3) is 0.609. The predicted molar refractivity (Wildman–Crippen MR) is 115 cm³/mol. The molecule has 3 heterocycles. The van der Waals surface area contributed by atoms with E-state index in [1.54, 1.807) is 7.11 Å². The van der Waals surface area contributed by atoms with E-state index in [1.807, 2.05) is 23.1 Å². The van der Waals surface area contributed by atoms with Crippen LogP contribution >= 0.6 is 0 Å². The molecule has 4 amide bonds. The molecule has 3 aliphatic heterocycles. The highest BCUT2D eigenvalue weighted by Crippen LogP contribution is 2.33. The van der Waals surface area contributed by atoms with Crippen molar-refractivity contribution in [1.29, 1.82) is 0 Å². The minimum Gasteiger partial charge on any atom is -0.384 e. The average molecular weight is 429 g/mol. The molecule has 0 atom stereocenters. The van der Waals surface area contributed by atoms with Crippen LogP contribution in [0.5, 0.6) is 0 Å². The summed E-state index contributed by atoms with van der Waals surface area (Å²) in [6, 6.07) is 9.90. The molecule has 0 bridgehead atoms. The minimum absolute atomic E-state index is 0.0692. The summed E-state index contributed by atoms with van der Waals surface area (Å²) >= 11 is 0. The van der Waals surface area contributed by atoms with Gasteiger partial charge in [0, 0.05) is 45.9 Å². The van der Waals surface area contributed by atoms with Gasteiger partial charge in [-0.3, -0.25) is 19.4 Å². The van der Waals surface area contributed by atoms with Crippen LogP contribution in [0.1, 0.15) is 37.7 Å². The first-order chi connectivity index (χ1) is 15.0. The molecule has 3 aliphatic rings. The molecule has 0 aliphatic carbocycles. The Morgan fingerprint density at radius 3 is 2.42 bits per heavy atom. The predicted octanol–water partition coefficient (Wildman–Crippen LogP) is 1.60. The summed E-state index contributed by atoms with van der Waals surface area (Å²) < 4.78 is 4.98. The Bertz CT molecular complexity index is 799. The highest BCUT2D eigenvalue weighted by molar-refractivity contribution is 6.07. The van der Waals surface area contributed by atoms with Gasteiger partial charge >= 0.3 is 6.03 Å². The van der Waals surface area contributed by atoms with E-state index in [1.165, 1.54) is 10.5 Å². The zero-order valence-corrected chi connectivity index (χ0v) is 18.2. The lowest BCUT2D eigenvalue weighted by Crippen LogP contribution is -2.55. The number of urea groups is 1. The standard InChI is InChI=1S/C23H32N4O4/c1-31-16-9-20(28)26-12-7-19(8-13-26)27-21(29)23(24-22(27)30)10-14-25(15-11-23)17-18-5-3-2-4-6-18/h2-6,19H,7-17H2,1H3,(H,24,30). The molecule has 1 aromatic rings. The highest BCUT2D eigenvalue weighted by Gasteiger charge is 2.54. The number of nitrogens with zero attached hydrogens (tertiary/aromatic N) is 3. The van der Waals surface area contributed by atoms with Gasteiger partial charge in [0.1, 0.15) is 5.54 Å². The molecule has 168 valence electrons. The molecule has 8 heteroatoms. The average Bonchev–Trinajstić information content (AvgIpc) is 3.03. The Morgan fingerprint density at radius 1 is 1.10 bits per heavy atom. The Kier molecular flexibility index (Phi) is 6.57. The molecule has 1 N–H and O–H groups in total. The number of methoxy groups -OCH3 is 1. The molecule has 1 aromatic carbocycles. The van der Waals surface area contributed by atoms with Crippen LogP contribution < -0.4 is 5.32 Å². The third-order valence-electron chi connectivity index (χ3n) is 6.85. The summed E-state index contributed by atoms with van der Waals surface area (Å²) in [4.78, 5) is 43.9. The number of likely N-dealkylation sites (tertiary alicyclic amines) is 2. The van der Waals surface area contributed by atoms with E-state index >= 15 is 0 Å². The molecule has 0 saturated carbocycles. The van der Waals surface area contributed by atoms with Crippen LogP contribution in [-0.4, -0.2) is 84.0 Å². The van der Waals surface area contributed by atoms with Crippen molar-refractivity contribution in [2.75, 3.05) is 39.9 Å². The largest absolute Gasteiger partial charge is 0.384 e. The molecular weight excluding hydrogens is 396 g/mol. The van der Waals surface area contributed by atoms with Gasteiger partial charge in [0.25, 0.3) is 5.91 Å². The number of piperidine rings is 2. The van der Waals surface area contributed by atoms with Crippen LogP contribution in [0.25, 0.3) is 0 Å². The van der Waals surface area contributed by atoms with Gasteiger partial charge in [-0.1, -0.05) is 30.3 Å². The second kappa shape index (κ2) is 9.36. The number of nitrogens with one attached hydrogen (secondary N) is 1. The van der Waals surface area contributed by atoms with E-state index in [0.29, 0.717) is 51.8 Å². The van der Waals surface area contributed by atoms with E-state index in [2.05, 4.69) is 22.3 Å². The lowest BCUT2D eigenvalue weighted by molar-refractivity contribution is -0.136. The summed E-state index contributed by atoms with van der Waals surface area (Å²) in [6.45, 7) is 3.97. The minimum atomic E-state index is -0.768. The summed E-state index contributed by atoms with van der Waals surface area (Å²) in [5.41, 5.74) is 0.490. The fourth-order valence-electron chi connectivity index (χ4n) is 4.97. The van der Waals surface area contributed by atoms with Crippen LogP contribution in [0, 0.1) is 0 Å². The highest BCUT2D eigenvalue weighted by atomic mass is 16.5. The van der Waals surface area contributed by atoms with Crippen molar-refractivity contribution in [2.24, 2.45) is 0 Å². The van der Waals surface area contributed by atoms with Crippen LogP contribution in [0.2, 0.25) is 0 Å². The number of hydrogen-bond donors (Lipinski definition) is 1. The Labute approximate surface area is 183 Å². The quantitative estimate of drug-likeness (QED) is 0.696.